The summed E-state index contributed by atoms with van der Waals surface area (Å²) in [7, 11) is 0. The standard InChI is InChI=1S/C18H34N2O/c1-13-9-10-19-11-15(13)12-20-17(21)14-5-7-16(8-6-14)18(2,3)4/h13-16,19H,5-12H2,1-4H3,(H,20,21). The van der Waals surface area contributed by atoms with Gasteiger partial charge in [0.15, 0.2) is 0 Å². The number of hydrogen-bond donors (Lipinski definition) is 2. The third-order valence-electron chi connectivity index (χ3n) is 5.85. The second-order valence-corrected chi connectivity index (χ2v) is 8.39. The van der Waals surface area contributed by atoms with Crippen LogP contribution >= 0.6 is 0 Å². The molecule has 2 fully saturated rings. The first-order valence-electron chi connectivity index (χ1n) is 8.86. The molecule has 0 radical (unpaired) electrons. The average Bonchev–Trinajstić information content (AvgIpc) is 2.45. The minimum Gasteiger partial charge on any atom is -0.356 e. The molecule has 0 aromatic heterocycles. The number of carbonyl (C=O) groups is 1. The summed E-state index contributed by atoms with van der Waals surface area (Å²) in [4.78, 5) is 12.4. The van der Waals surface area contributed by atoms with E-state index in [9.17, 15) is 4.79 Å². The third kappa shape index (κ3) is 4.70. The molecule has 1 aliphatic heterocycles. The molecule has 0 spiro atoms. The molecule has 2 unspecified atom stereocenters. The van der Waals surface area contributed by atoms with Gasteiger partial charge < -0.3 is 10.6 Å². The fraction of sp³-hybridized carbons (Fsp3) is 0.944. The zero-order valence-electron chi connectivity index (χ0n) is 14.4. The van der Waals surface area contributed by atoms with Crippen molar-refractivity contribution in [2.75, 3.05) is 19.6 Å². The van der Waals surface area contributed by atoms with Crippen molar-refractivity contribution in [3.63, 3.8) is 0 Å². The van der Waals surface area contributed by atoms with Crippen molar-refractivity contribution >= 4 is 5.91 Å². The Hall–Kier alpha value is -0.570. The normalized spacial score (nSPS) is 34.5. The number of rotatable bonds is 3. The van der Waals surface area contributed by atoms with E-state index < -0.39 is 0 Å². The van der Waals surface area contributed by atoms with Gasteiger partial charge in [0, 0.05) is 12.5 Å². The van der Waals surface area contributed by atoms with Crippen LogP contribution in [0.5, 0.6) is 0 Å². The highest BCUT2D eigenvalue weighted by atomic mass is 16.1. The van der Waals surface area contributed by atoms with E-state index in [0.717, 1.165) is 44.3 Å². The first-order valence-corrected chi connectivity index (χ1v) is 8.86. The van der Waals surface area contributed by atoms with E-state index >= 15 is 0 Å². The molecule has 0 bridgehead atoms. The molecule has 0 aromatic rings. The summed E-state index contributed by atoms with van der Waals surface area (Å²) in [5.41, 5.74) is 0.393. The van der Waals surface area contributed by atoms with E-state index in [2.05, 4.69) is 38.3 Å². The fourth-order valence-electron chi connectivity index (χ4n) is 3.93. The maximum absolute atomic E-state index is 12.4. The van der Waals surface area contributed by atoms with Crippen LogP contribution in [0.1, 0.15) is 59.8 Å². The van der Waals surface area contributed by atoms with E-state index in [-0.39, 0.29) is 5.92 Å². The Balaban J connectivity index is 1.72. The van der Waals surface area contributed by atoms with Crippen LogP contribution in [0.3, 0.4) is 0 Å². The molecule has 1 saturated heterocycles. The second-order valence-electron chi connectivity index (χ2n) is 8.39. The number of hydrogen-bond acceptors (Lipinski definition) is 2. The van der Waals surface area contributed by atoms with E-state index in [1.807, 2.05) is 0 Å². The lowest BCUT2D eigenvalue weighted by atomic mass is 9.69. The van der Waals surface area contributed by atoms with Crippen molar-refractivity contribution in [1.82, 2.24) is 10.6 Å². The van der Waals surface area contributed by atoms with E-state index in [1.54, 1.807) is 0 Å². The van der Waals surface area contributed by atoms with E-state index in [0.29, 0.717) is 17.2 Å². The van der Waals surface area contributed by atoms with E-state index in [4.69, 9.17) is 0 Å². The Morgan fingerprint density at radius 1 is 1.14 bits per heavy atom. The molecule has 2 rings (SSSR count). The van der Waals surface area contributed by atoms with Gasteiger partial charge in [-0.2, -0.15) is 0 Å². The zero-order chi connectivity index (χ0) is 15.5. The number of nitrogens with one attached hydrogen (secondary N) is 2. The van der Waals surface area contributed by atoms with Crippen molar-refractivity contribution in [2.45, 2.75) is 59.8 Å². The number of piperidine rings is 1. The van der Waals surface area contributed by atoms with Crippen LogP contribution in [0.4, 0.5) is 0 Å². The quantitative estimate of drug-likeness (QED) is 0.839. The monoisotopic (exact) mass is 294 g/mol. The fourth-order valence-corrected chi connectivity index (χ4v) is 3.93. The summed E-state index contributed by atoms with van der Waals surface area (Å²) in [5.74, 6) is 2.68. The maximum Gasteiger partial charge on any atom is 0.223 e. The Kier molecular flexibility index (Phi) is 5.70. The molecule has 1 saturated carbocycles. The SMILES string of the molecule is CC1CCNCC1CNC(=O)C1CCC(C(C)(C)C)CC1. The molecule has 21 heavy (non-hydrogen) atoms. The first-order chi connectivity index (χ1) is 9.88. The van der Waals surface area contributed by atoms with Crippen molar-refractivity contribution in [3.8, 4) is 0 Å². The minimum atomic E-state index is 0.260. The van der Waals surface area contributed by atoms with Crippen molar-refractivity contribution in [1.29, 1.82) is 0 Å². The Bertz CT molecular complexity index is 340. The van der Waals surface area contributed by atoms with Crippen LogP contribution in [0.2, 0.25) is 0 Å². The number of amides is 1. The van der Waals surface area contributed by atoms with E-state index in [1.165, 1.54) is 19.3 Å². The van der Waals surface area contributed by atoms with Gasteiger partial charge in [-0.05, 0) is 68.4 Å². The average molecular weight is 294 g/mol. The maximum atomic E-state index is 12.4. The Morgan fingerprint density at radius 3 is 2.38 bits per heavy atom. The summed E-state index contributed by atoms with van der Waals surface area (Å²) in [6.07, 6.45) is 5.81. The molecule has 0 aromatic carbocycles. The summed E-state index contributed by atoms with van der Waals surface area (Å²) < 4.78 is 0. The highest BCUT2D eigenvalue weighted by Crippen LogP contribution is 2.39. The van der Waals surface area contributed by atoms with Gasteiger partial charge in [0.05, 0.1) is 0 Å². The highest BCUT2D eigenvalue weighted by molar-refractivity contribution is 5.78. The zero-order valence-corrected chi connectivity index (χ0v) is 14.4. The summed E-state index contributed by atoms with van der Waals surface area (Å²) >= 11 is 0. The van der Waals surface area contributed by atoms with Gasteiger partial charge in [0.25, 0.3) is 0 Å². The highest BCUT2D eigenvalue weighted by Gasteiger charge is 2.32. The smallest absolute Gasteiger partial charge is 0.223 e. The molecule has 2 aliphatic rings. The predicted molar refractivity (Wildman–Crippen MR) is 88.1 cm³/mol. The molecule has 1 aliphatic carbocycles. The molecule has 1 heterocycles. The van der Waals surface area contributed by atoms with Gasteiger partial charge in [-0.3, -0.25) is 4.79 Å². The predicted octanol–water partition coefficient (Wildman–Crippen LogP) is 3.20. The molecule has 1 amide bonds. The van der Waals surface area contributed by atoms with Crippen LogP contribution in [0.15, 0.2) is 0 Å². The van der Waals surface area contributed by atoms with Crippen LogP contribution < -0.4 is 10.6 Å². The molecule has 3 heteroatoms. The summed E-state index contributed by atoms with van der Waals surface area (Å²) in [5, 5.41) is 6.67. The third-order valence-corrected chi connectivity index (χ3v) is 5.85. The van der Waals surface area contributed by atoms with Crippen LogP contribution in [0, 0.1) is 29.1 Å². The topological polar surface area (TPSA) is 41.1 Å². The van der Waals surface area contributed by atoms with Gasteiger partial charge in [0.1, 0.15) is 0 Å². The van der Waals surface area contributed by atoms with Crippen molar-refractivity contribution in [2.24, 2.45) is 29.1 Å². The minimum absolute atomic E-state index is 0.260. The van der Waals surface area contributed by atoms with Crippen LogP contribution in [-0.2, 0) is 4.79 Å². The Labute approximate surface area is 130 Å². The van der Waals surface area contributed by atoms with Gasteiger partial charge >= 0.3 is 0 Å². The van der Waals surface area contributed by atoms with Crippen molar-refractivity contribution < 1.29 is 4.79 Å². The lowest BCUT2D eigenvalue weighted by molar-refractivity contribution is -0.126. The first kappa shape index (κ1) is 16.8. The second kappa shape index (κ2) is 7.13. The number of carbonyl (C=O) groups excluding carboxylic acids is 1. The van der Waals surface area contributed by atoms with Gasteiger partial charge in [-0.1, -0.05) is 27.7 Å². The van der Waals surface area contributed by atoms with Gasteiger partial charge in [-0.25, -0.2) is 0 Å². The largest absolute Gasteiger partial charge is 0.356 e. The molecule has 2 N–H and O–H groups in total. The summed E-state index contributed by atoms with van der Waals surface area (Å²) in [6.45, 7) is 12.3. The van der Waals surface area contributed by atoms with Crippen LogP contribution in [-0.4, -0.2) is 25.5 Å². The molecule has 2 atom stereocenters. The van der Waals surface area contributed by atoms with Gasteiger partial charge in [0.2, 0.25) is 5.91 Å². The van der Waals surface area contributed by atoms with Crippen LogP contribution in [0.25, 0.3) is 0 Å². The summed E-state index contributed by atoms with van der Waals surface area (Å²) in [6, 6.07) is 0. The Morgan fingerprint density at radius 2 is 1.81 bits per heavy atom. The van der Waals surface area contributed by atoms with Crippen molar-refractivity contribution in [3.05, 3.63) is 0 Å². The molecule has 122 valence electrons. The lowest BCUT2D eigenvalue weighted by Crippen LogP contribution is -2.44. The lowest BCUT2D eigenvalue weighted by Gasteiger charge is -2.37. The molecular formula is C18H34N2O. The molecular weight excluding hydrogens is 260 g/mol. The molecule has 3 nitrogen and oxygen atoms in total. The van der Waals surface area contributed by atoms with Gasteiger partial charge in [-0.15, -0.1) is 0 Å².